The Morgan fingerprint density at radius 3 is 2.50 bits per heavy atom. The predicted molar refractivity (Wildman–Crippen MR) is 121 cm³/mol. The van der Waals surface area contributed by atoms with Crippen LogP contribution in [0.3, 0.4) is 0 Å². The first-order chi connectivity index (χ1) is 15.3. The lowest BCUT2D eigenvalue weighted by molar-refractivity contribution is -0.122. The lowest BCUT2D eigenvalue weighted by Gasteiger charge is -2.30. The molecule has 0 radical (unpaired) electrons. The van der Waals surface area contributed by atoms with E-state index in [4.69, 9.17) is 9.26 Å². The van der Waals surface area contributed by atoms with Gasteiger partial charge in [0.15, 0.2) is 5.76 Å². The molecule has 1 aliphatic heterocycles. The highest BCUT2D eigenvalue weighted by Crippen LogP contribution is 2.28. The molecule has 1 aromatic carbocycles. The third kappa shape index (κ3) is 6.10. The molecule has 0 saturated carbocycles. The van der Waals surface area contributed by atoms with Crippen molar-refractivity contribution in [3.05, 3.63) is 41.3 Å². The summed E-state index contributed by atoms with van der Waals surface area (Å²) in [4.78, 5) is 12.6. The number of aromatic nitrogens is 1. The Bertz CT molecular complexity index is 974. The first-order valence-electron chi connectivity index (χ1n) is 11.2. The molecular formula is C23H33N3O5S. The summed E-state index contributed by atoms with van der Waals surface area (Å²) < 4.78 is 38.0. The quantitative estimate of drug-likeness (QED) is 0.541. The van der Waals surface area contributed by atoms with Crippen LogP contribution in [0, 0.1) is 19.8 Å². The van der Waals surface area contributed by atoms with Crippen LogP contribution in [-0.2, 0) is 21.4 Å². The van der Waals surface area contributed by atoms with Crippen LogP contribution in [0.5, 0.6) is 5.75 Å². The summed E-state index contributed by atoms with van der Waals surface area (Å²) in [5.74, 6) is 1.30. The highest BCUT2D eigenvalue weighted by Gasteiger charge is 2.34. The maximum absolute atomic E-state index is 12.9. The number of rotatable bonds is 10. The summed E-state index contributed by atoms with van der Waals surface area (Å²) in [5, 5.41) is 6.72. The van der Waals surface area contributed by atoms with Crippen molar-refractivity contribution in [2.75, 3.05) is 19.7 Å². The van der Waals surface area contributed by atoms with Gasteiger partial charge >= 0.3 is 0 Å². The van der Waals surface area contributed by atoms with Gasteiger partial charge in [0.05, 0.1) is 6.61 Å². The molecule has 176 valence electrons. The fourth-order valence-corrected chi connectivity index (χ4v) is 5.66. The summed E-state index contributed by atoms with van der Waals surface area (Å²) in [7, 11) is -3.62. The molecule has 0 spiro atoms. The molecule has 1 amide bonds. The molecule has 0 aliphatic carbocycles. The van der Waals surface area contributed by atoms with Crippen LogP contribution in [0.2, 0.25) is 0 Å². The number of hydrogen-bond donors (Lipinski definition) is 1. The summed E-state index contributed by atoms with van der Waals surface area (Å²) >= 11 is 0. The Labute approximate surface area is 190 Å². The van der Waals surface area contributed by atoms with E-state index in [1.165, 1.54) is 4.31 Å². The summed E-state index contributed by atoms with van der Waals surface area (Å²) in [6.45, 7) is 7.33. The second-order valence-corrected chi connectivity index (χ2v) is 10.2. The molecule has 2 heterocycles. The first-order valence-corrected chi connectivity index (χ1v) is 12.7. The minimum absolute atomic E-state index is 0.0136. The van der Waals surface area contributed by atoms with Crippen LogP contribution in [0.15, 0.2) is 33.7 Å². The van der Waals surface area contributed by atoms with E-state index in [1.807, 2.05) is 24.3 Å². The number of amides is 1. The molecule has 1 saturated heterocycles. The Hall–Kier alpha value is -2.39. The second kappa shape index (κ2) is 11.0. The summed E-state index contributed by atoms with van der Waals surface area (Å²) in [6.07, 6.45) is 3.83. The molecule has 3 rings (SSSR count). The Morgan fingerprint density at radius 2 is 1.91 bits per heavy atom. The molecule has 1 fully saturated rings. The number of unbranched alkanes of at least 4 members (excludes halogenated alkanes) is 1. The van der Waals surface area contributed by atoms with Gasteiger partial charge in [-0.05, 0) is 56.7 Å². The maximum Gasteiger partial charge on any atom is 0.248 e. The predicted octanol–water partition coefficient (Wildman–Crippen LogP) is 3.58. The van der Waals surface area contributed by atoms with Crippen LogP contribution in [0.4, 0.5) is 0 Å². The monoisotopic (exact) mass is 463 g/mol. The molecule has 0 atom stereocenters. The summed E-state index contributed by atoms with van der Waals surface area (Å²) in [5.41, 5.74) is 1.39. The van der Waals surface area contributed by atoms with Crippen LogP contribution in [0.25, 0.3) is 0 Å². The van der Waals surface area contributed by atoms with Crippen molar-refractivity contribution in [1.29, 1.82) is 0 Å². The van der Waals surface area contributed by atoms with Crippen LogP contribution >= 0.6 is 0 Å². The number of piperidine rings is 1. The molecule has 0 bridgehead atoms. The number of ether oxygens (including phenoxy) is 1. The Kier molecular flexibility index (Phi) is 8.31. The zero-order valence-electron chi connectivity index (χ0n) is 19.1. The van der Waals surface area contributed by atoms with Gasteiger partial charge in [-0.3, -0.25) is 4.79 Å². The van der Waals surface area contributed by atoms with Crippen molar-refractivity contribution in [3.63, 3.8) is 0 Å². The lowest BCUT2D eigenvalue weighted by Crippen LogP contribution is -2.39. The average Bonchev–Trinajstić information content (AvgIpc) is 3.12. The number of sulfonamides is 1. The van der Waals surface area contributed by atoms with E-state index in [0.29, 0.717) is 57.0 Å². The number of nitrogens with zero attached hydrogens (tertiary/aromatic N) is 2. The minimum atomic E-state index is -3.62. The molecule has 1 N–H and O–H groups in total. The van der Waals surface area contributed by atoms with Gasteiger partial charge in [0, 0.05) is 26.1 Å². The number of aryl methyl sites for hydroxylation is 2. The van der Waals surface area contributed by atoms with Crippen molar-refractivity contribution < 1.29 is 22.5 Å². The zero-order chi connectivity index (χ0) is 23.1. The average molecular weight is 464 g/mol. The van der Waals surface area contributed by atoms with Crippen molar-refractivity contribution in [2.45, 2.75) is 64.3 Å². The standard InChI is InChI=1S/C23H33N3O5S/c1-4-5-14-30-21-8-6-20(7-9-21)16-24-22(27)15-19-10-12-26(13-11-19)32(28,29)23-17(2)25-31-18(23)3/h6-9,19H,4-5,10-16H2,1-3H3,(H,24,27). The molecule has 9 heteroatoms. The van der Waals surface area contributed by atoms with Crippen LogP contribution in [-0.4, -0.2) is 43.5 Å². The van der Waals surface area contributed by atoms with Gasteiger partial charge in [0.25, 0.3) is 0 Å². The van der Waals surface area contributed by atoms with Crippen LogP contribution in [0.1, 0.15) is 56.0 Å². The highest BCUT2D eigenvalue weighted by molar-refractivity contribution is 7.89. The summed E-state index contributed by atoms with van der Waals surface area (Å²) in [6, 6.07) is 7.76. The maximum atomic E-state index is 12.9. The van der Waals surface area contributed by atoms with E-state index < -0.39 is 10.0 Å². The Morgan fingerprint density at radius 1 is 1.22 bits per heavy atom. The third-order valence-corrected chi connectivity index (χ3v) is 7.94. The first kappa shape index (κ1) is 24.3. The third-order valence-electron chi connectivity index (χ3n) is 5.79. The molecule has 2 aromatic rings. The SMILES string of the molecule is CCCCOc1ccc(CNC(=O)CC2CCN(S(=O)(=O)c3c(C)noc3C)CC2)cc1. The van der Waals surface area contributed by atoms with Gasteiger partial charge in [-0.2, -0.15) is 4.31 Å². The van der Waals surface area contributed by atoms with Crippen LogP contribution < -0.4 is 10.1 Å². The molecular weight excluding hydrogens is 430 g/mol. The number of carbonyl (C=O) groups excluding carboxylic acids is 1. The van der Waals surface area contributed by atoms with Crippen molar-refractivity contribution in [1.82, 2.24) is 14.8 Å². The second-order valence-electron chi connectivity index (χ2n) is 8.33. The highest BCUT2D eigenvalue weighted by atomic mass is 32.2. The molecule has 0 unspecified atom stereocenters. The topological polar surface area (TPSA) is 102 Å². The molecule has 32 heavy (non-hydrogen) atoms. The fraction of sp³-hybridized carbons (Fsp3) is 0.565. The number of hydrogen-bond acceptors (Lipinski definition) is 6. The molecule has 1 aliphatic rings. The van der Waals surface area contributed by atoms with E-state index in [1.54, 1.807) is 13.8 Å². The van der Waals surface area contributed by atoms with Gasteiger partial charge in [-0.1, -0.05) is 30.6 Å². The van der Waals surface area contributed by atoms with Crippen molar-refractivity contribution >= 4 is 15.9 Å². The van der Waals surface area contributed by atoms with Gasteiger partial charge in [-0.15, -0.1) is 0 Å². The van der Waals surface area contributed by atoms with Crippen molar-refractivity contribution in [2.24, 2.45) is 5.92 Å². The Balaban J connectivity index is 1.43. The van der Waals surface area contributed by atoms with E-state index in [2.05, 4.69) is 17.4 Å². The van der Waals surface area contributed by atoms with Gasteiger partial charge in [-0.25, -0.2) is 8.42 Å². The van der Waals surface area contributed by atoms with Crippen molar-refractivity contribution in [3.8, 4) is 5.75 Å². The van der Waals surface area contributed by atoms with Gasteiger partial charge in [0.2, 0.25) is 15.9 Å². The molecule has 8 nitrogen and oxygen atoms in total. The van der Waals surface area contributed by atoms with E-state index in [-0.39, 0.29) is 16.7 Å². The largest absolute Gasteiger partial charge is 0.494 e. The van der Waals surface area contributed by atoms with E-state index >= 15 is 0 Å². The van der Waals surface area contributed by atoms with Gasteiger partial charge in [0.1, 0.15) is 16.3 Å². The number of carbonyl (C=O) groups is 1. The smallest absolute Gasteiger partial charge is 0.248 e. The fourth-order valence-electron chi connectivity index (χ4n) is 3.90. The van der Waals surface area contributed by atoms with E-state index in [9.17, 15) is 13.2 Å². The number of benzene rings is 1. The zero-order valence-corrected chi connectivity index (χ0v) is 19.9. The van der Waals surface area contributed by atoms with E-state index in [0.717, 1.165) is 24.2 Å². The molecule has 1 aromatic heterocycles. The minimum Gasteiger partial charge on any atom is -0.494 e. The normalized spacial score (nSPS) is 15.6. The lowest BCUT2D eigenvalue weighted by atomic mass is 9.94. The number of nitrogens with one attached hydrogen (secondary N) is 1. The van der Waals surface area contributed by atoms with Gasteiger partial charge < -0.3 is 14.6 Å².